The second-order valence-corrected chi connectivity index (χ2v) is 9.69. The number of aryl methyl sites for hydroxylation is 1. The van der Waals surface area contributed by atoms with E-state index in [1.165, 1.54) is 43.2 Å². The lowest BCUT2D eigenvalue weighted by Gasteiger charge is -2.57. The number of rotatable bonds is 6. The topological polar surface area (TPSA) is 29.5 Å². The maximum atomic E-state index is 13.1. The molecule has 1 aliphatic heterocycles. The number of piperidine rings is 1. The van der Waals surface area contributed by atoms with Crippen LogP contribution in [-0.4, -0.2) is 24.5 Å². The van der Waals surface area contributed by atoms with Gasteiger partial charge in [-0.05, 0) is 73.1 Å². The molecule has 1 amide bonds. The van der Waals surface area contributed by atoms with Crippen molar-refractivity contribution in [3.8, 4) is 5.75 Å². The SMILES string of the molecule is C=C1N(CCCCCC)C(=O)CC2C3CCc4cc(OC)ccc4C3CC[C@]12C. The summed E-state index contributed by atoms with van der Waals surface area (Å²) in [5, 5.41) is 0. The lowest BCUT2D eigenvalue weighted by Crippen LogP contribution is -2.54. The number of unbranched alkanes of at least 4 members (excludes halogenated alkanes) is 3. The molecule has 1 heterocycles. The van der Waals surface area contributed by atoms with Gasteiger partial charge in [0.2, 0.25) is 5.91 Å². The molecule has 29 heavy (non-hydrogen) atoms. The van der Waals surface area contributed by atoms with Crippen molar-refractivity contribution in [2.24, 2.45) is 17.3 Å². The van der Waals surface area contributed by atoms with Gasteiger partial charge in [-0.3, -0.25) is 4.79 Å². The highest BCUT2D eigenvalue weighted by Crippen LogP contribution is 2.60. The Morgan fingerprint density at radius 3 is 2.83 bits per heavy atom. The third-order valence-corrected chi connectivity index (χ3v) is 8.24. The molecule has 3 unspecified atom stereocenters. The third kappa shape index (κ3) is 3.51. The molecule has 3 nitrogen and oxygen atoms in total. The first-order valence-electron chi connectivity index (χ1n) is 11.7. The van der Waals surface area contributed by atoms with Gasteiger partial charge in [0.05, 0.1) is 7.11 Å². The monoisotopic (exact) mass is 395 g/mol. The summed E-state index contributed by atoms with van der Waals surface area (Å²) in [6.07, 6.45) is 10.1. The van der Waals surface area contributed by atoms with Crippen LogP contribution >= 0.6 is 0 Å². The number of allylic oxidation sites excluding steroid dienone is 1. The maximum Gasteiger partial charge on any atom is 0.227 e. The van der Waals surface area contributed by atoms with Crippen LogP contribution in [0.5, 0.6) is 5.75 Å². The summed E-state index contributed by atoms with van der Waals surface area (Å²) in [5.74, 6) is 2.89. The molecule has 0 N–H and O–H groups in total. The molecule has 0 aromatic heterocycles. The van der Waals surface area contributed by atoms with Crippen LogP contribution in [-0.2, 0) is 11.2 Å². The Hall–Kier alpha value is -1.77. The van der Waals surface area contributed by atoms with E-state index in [9.17, 15) is 4.79 Å². The molecular weight excluding hydrogens is 358 g/mol. The number of ether oxygens (including phenoxy) is 1. The van der Waals surface area contributed by atoms with E-state index in [1.807, 2.05) is 4.90 Å². The fourth-order valence-electron chi connectivity index (χ4n) is 6.45. The summed E-state index contributed by atoms with van der Waals surface area (Å²) in [6.45, 7) is 9.98. The van der Waals surface area contributed by atoms with Crippen LogP contribution in [0.15, 0.2) is 30.5 Å². The molecule has 1 saturated heterocycles. The minimum absolute atomic E-state index is 0.0732. The smallest absolute Gasteiger partial charge is 0.227 e. The van der Waals surface area contributed by atoms with Gasteiger partial charge < -0.3 is 9.64 Å². The Morgan fingerprint density at radius 1 is 1.24 bits per heavy atom. The van der Waals surface area contributed by atoms with Gasteiger partial charge in [-0.1, -0.05) is 45.8 Å². The van der Waals surface area contributed by atoms with E-state index in [4.69, 9.17) is 4.74 Å². The molecule has 4 rings (SSSR count). The first kappa shape index (κ1) is 20.5. The van der Waals surface area contributed by atoms with Gasteiger partial charge in [0.25, 0.3) is 0 Å². The van der Waals surface area contributed by atoms with Crippen molar-refractivity contribution in [2.75, 3.05) is 13.7 Å². The van der Waals surface area contributed by atoms with Crippen molar-refractivity contribution in [3.05, 3.63) is 41.6 Å². The normalized spacial score (nSPS) is 31.1. The molecule has 3 aliphatic rings. The number of nitrogens with zero attached hydrogens (tertiary/aromatic N) is 1. The first-order valence-corrected chi connectivity index (χ1v) is 11.7. The fourth-order valence-corrected chi connectivity index (χ4v) is 6.45. The minimum Gasteiger partial charge on any atom is -0.497 e. The lowest BCUT2D eigenvalue weighted by atomic mass is 9.51. The highest BCUT2D eigenvalue weighted by Gasteiger charge is 2.54. The van der Waals surface area contributed by atoms with E-state index >= 15 is 0 Å². The lowest BCUT2D eigenvalue weighted by molar-refractivity contribution is -0.140. The number of carbonyl (C=O) groups is 1. The van der Waals surface area contributed by atoms with E-state index in [1.54, 1.807) is 7.11 Å². The van der Waals surface area contributed by atoms with Crippen LogP contribution < -0.4 is 4.74 Å². The van der Waals surface area contributed by atoms with Gasteiger partial charge in [-0.25, -0.2) is 0 Å². The number of hydrogen-bond acceptors (Lipinski definition) is 2. The van der Waals surface area contributed by atoms with Gasteiger partial charge in [-0.2, -0.15) is 0 Å². The van der Waals surface area contributed by atoms with Crippen LogP contribution in [0.3, 0.4) is 0 Å². The van der Waals surface area contributed by atoms with Crippen LogP contribution in [0.2, 0.25) is 0 Å². The number of fused-ring (bicyclic) bond motifs is 5. The Labute approximate surface area is 176 Å². The molecular formula is C26H37NO2. The Balaban J connectivity index is 1.54. The number of benzene rings is 1. The molecule has 0 bridgehead atoms. The predicted octanol–water partition coefficient (Wildman–Crippen LogP) is 6.08. The summed E-state index contributed by atoms with van der Waals surface area (Å²) < 4.78 is 5.44. The van der Waals surface area contributed by atoms with E-state index < -0.39 is 0 Å². The van der Waals surface area contributed by atoms with Crippen molar-refractivity contribution in [3.63, 3.8) is 0 Å². The molecule has 4 atom stereocenters. The zero-order chi connectivity index (χ0) is 20.6. The average Bonchev–Trinajstić information content (AvgIpc) is 2.73. The number of amides is 1. The number of methoxy groups -OCH3 is 1. The predicted molar refractivity (Wildman–Crippen MR) is 118 cm³/mol. The summed E-state index contributed by atoms with van der Waals surface area (Å²) in [5.41, 5.74) is 4.13. The molecule has 158 valence electrons. The largest absolute Gasteiger partial charge is 0.497 e. The van der Waals surface area contributed by atoms with E-state index in [0.29, 0.717) is 30.1 Å². The zero-order valence-corrected chi connectivity index (χ0v) is 18.5. The second kappa shape index (κ2) is 8.16. The minimum atomic E-state index is 0.0732. The molecule has 3 heteroatoms. The first-order chi connectivity index (χ1) is 14.0. The summed E-state index contributed by atoms with van der Waals surface area (Å²) in [7, 11) is 1.74. The average molecular weight is 396 g/mol. The molecule has 1 aromatic rings. The van der Waals surface area contributed by atoms with E-state index in [-0.39, 0.29) is 5.41 Å². The zero-order valence-electron chi connectivity index (χ0n) is 18.5. The molecule has 1 saturated carbocycles. The van der Waals surface area contributed by atoms with Gasteiger partial charge in [0, 0.05) is 24.1 Å². The Morgan fingerprint density at radius 2 is 2.07 bits per heavy atom. The van der Waals surface area contributed by atoms with Crippen LogP contribution in [0.1, 0.15) is 82.3 Å². The van der Waals surface area contributed by atoms with Crippen molar-refractivity contribution in [1.82, 2.24) is 4.90 Å². The highest BCUT2D eigenvalue weighted by atomic mass is 16.5. The number of likely N-dealkylation sites (tertiary alicyclic amines) is 1. The van der Waals surface area contributed by atoms with Crippen molar-refractivity contribution in [1.29, 1.82) is 0 Å². The number of carbonyl (C=O) groups excluding carboxylic acids is 1. The van der Waals surface area contributed by atoms with Crippen LogP contribution in [0.25, 0.3) is 0 Å². The maximum absolute atomic E-state index is 13.1. The highest BCUT2D eigenvalue weighted by molar-refractivity contribution is 5.80. The van der Waals surface area contributed by atoms with Crippen molar-refractivity contribution < 1.29 is 9.53 Å². The van der Waals surface area contributed by atoms with Crippen molar-refractivity contribution >= 4 is 5.91 Å². The quantitative estimate of drug-likeness (QED) is 0.546. The van der Waals surface area contributed by atoms with E-state index in [2.05, 4.69) is 38.6 Å². The fraction of sp³-hybridized carbons (Fsp3) is 0.654. The Bertz CT molecular complexity index is 785. The van der Waals surface area contributed by atoms with Crippen LogP contribution in [0.4, 0.5) is 0 Å². The van der Waals surface area contributed by atoms with Crippen LogP contribution in [0, 0.1) is 17.3 Å². The third-order valence-electron chi connectivity index (χ3n) is 8.24. The molecule has 2 aliphatic carbocycles. The van der Waals surface area contributed by atoms with Crippen molar-refractivity contribution in [2.45, 2.75) is 77.6 Å². The van der Waals surface area contributed by atoms with E-state index in [0.717, 1.165) is 37.3 Å². The Kier molecular flexibility index (Phi) is 5.77. The van der Waals surface area contributed by atoms with Gasteiger partial charge in [-0.15, -0.1) is 0 Å². The molecule has 0 radical (unpaired) electrons. The van der Waals surface area contributed by atoms with Gasteiger partial charge in [0.1, 0.15) is 5.75 Å². The van der Waals surface area contributed by atoms with Gasteiger partial charge in [0.15, 0.2) is 0 Å². The molecule has 0 spiro atoms. The molecule has 2 fully saturated rings. The summed E-state index contributed by atoms with van der Waals surface area (Å²) >= 11 is 0. The standard InChI is InChI=1S/C26H37NO2/c1-5-6-7-8-15-27-18(2)26(3)14-13-22-21-12-10-20(29-4)16-19(21)9-11-23(22)24(26)17-25(27)28/h10,12,16,22-24H,2,5-9,11,13-15,17H2,1,3-4H3/t22?,23?,24?,26-/m1/s1. The summed E-state index contributed by atoms with van der Waals surface area (Å²) in [4.78, 5) is 15.2. The number of hydrogen-bond donors (Lipinski definition) is 0. The molecule has 1 aromatic carbocycles. The van der Waals surface area contributed by atoms with Gasteiger partial charge >= 0.3 is 0 Å². The second-order valence-electron chi connectivity index (χ2n) is 9.69. The summed E-state index contributed by atoms with van der Waals surface area (Å²) in [6, 6.07) is 6.62.